The lowest BCUT2D eigenvalue weighted by Crippen LogP contribution is -2.53. The van der Waals surface area contributed by atoms with Crippen molar-refractivity contribution in [3.63, 3.8) is 0 Å². The number of hydrogen-bond acceptors (Lipinski definition) is 3. The molecule has 3 nitrogen and oxygen atoms in total. The summed E-state index contributed by atoms with van der Waals surface area (Å²) in [5, 5.41) is 8.20. The maximum Gasteiger partial charge on any atom is 0.431 e. The van der Waals surface area contributed by atoms with Gasteiger partial charge in [0.1, 0.15) is 6.10 Å². The Balaban J connectivity index is 0.000000754. The fourth-order valence-electron chi connectivity index (χ4n) is 1.60. The molecule has 0 aromatic heterocycles. The summed E-state index contributed by atoms with van der Waals surface area (Å²) in [5.74, 6) is 0. The molecule has 0 aromatic carbocycles. The molecule has 1 unspecified atom stereocenters. The van der Waals surface area contributed by atoms with Crippen LogP contribution < -0.4 is 0 Å². The quantitative estimate of drug-likeness (QED) is 0.375. The first-order chi connectivity index (χ1) is 11.0. The summed E-state index contributed by atoms with van der Waals surface area (Å²) in [6.45, 7) is 2.65. The van der Waals surface area contributed by atoms with Crippen LogP contribution in [0.4, 0.5) is 30.7 Å². The number of aliphatic hydroxyl groups is 1. The maximum atomic E-state index is 13.1. The third kappa shape index (κ3) is 8.48. The Morgan fingerprint density at radius 2 is 1.54 bits per heavy atom. The third-order valence-corrected chi connectivity index (χ3v) is 3.18. The molecule has 1 atom stereocenters. The predicted octanol–water partition coefficient (Wildman–Crippen LogP) is 4.18. The first-order valence-corrected chi connectivity index (χ1v) is 7.62. The molecular weight excluding hydrogens is 349 g/mol. The van der Waals surface area contributed by atoms with Crippen LogP contribution in [0.5, 0.6) is 0 Å². The fraction of sp³-hybridized carbons (Fsp3) is 1.00. The third-order valence-electron chi connectivity index (χ3n) is 3.18. The van der Waals surface area contributed by atoms with E-state index < -0.39 is 30.9 Å². The van der Waals surface area contributed by atoms with Gasteiger partial charge in [0.05, 0.1) is 13.2 Å². The molecule has 1 fully saturated rings. The van der Waals surface area contributed by atoms with Crippen LogP contribution in [0.15, 0.2) is 0 Å². The van der Waals surface area contributed by atoms with Crippen molar-refractivity contribution in [3.8, 4) is 0 Å². The van der Waals surface area contributed by atoms with Gasteiger partial charge in [-0.15, -0.1) is 0 Å². The highest BCUT2D eigenvalue weighted by atomic mass is 19.4. The van der Waals surface area contributed by atoms with Crippen LogP contribution >= 0.6 is 0 Å². The molecule has 10 heteroatoms. The van der Waals surface area contributed by atoms with Crippen molar-refractivity contribution in [2.45, 2.75) is 63.2 Å². The first-order valence-electron chi connectivity index (χ1n) is 7.62. The van der Waals surface area contributed by atoms with E-state index in [0.29, 0.717) is 13.2 Å². The minimum atomic E-state index is -5.98. The monoisotopic (exact) mass is 372 g/mol. The van der Waals surface area contributed by atoms with Gasteiger partial charge in [-0.05, 0) is 12.8 Å². The molecule has 0 aliphatic carbocycles. The molecule has 1 heterocycles. The van der Waals surface area contributed by atoms with Crippen molar-refractivity contribution < 1.29 is 45.3 Å². The van der Waals surface area contributed by atoms with Crippen molar-refractivity contribution in [1.82, 2.24) is 0 Å². The van der Waals surface area contributed by atoms with Crippen molar-refractivity contribution in [2.75, 3.05) is 26.4 Å². The second kappa shape index (κ2) is 10.4. The number of alkyl halides is 7. The van der Waals surface area contributed by atoms with Crippen molar-refractivity contribution in [1.29, 1.82) is 0 Å². The van der Waals surface area contributed by atoms with Crippen molar-refractivity contribution in [2.24, 2.45) is 0 Å². The van der Waals surface area contributed by atoms with Gasteiger partial charge in [0.15, 0.2) is 0 Å². The van der Waals surface area contributed by atoms with Gasteiger partial charge in [-0.2, -0.15) is 26.3 Å². The Labute approximate surface area is 136 Å². The summed E-state index contributed by atoms with van der Waals surface area (Å²) >= 11 is 0. The second-order valence-electron chi connectivity index (χ2n) is 5.36. The number of ether oxygens (including phenoxy) is 2. The average Bonchev–Trinajstić information content (AvgIpc) is 3.27. The van der Waals surface area contributed by atoms with E-state index in [1.54, 1.807) is 0 Å². The number of hydrogen-bond donors (Lipinski definition) is 1. The summed E-state index contributed by atoms with van der Waals surface area (Å²) in [6.07, 6.45) is -11.2. The van der Waals surface area contributed by atoms with E-state index in [9.17, 15) is 30.7 Å². The molecule has 1 aliphatic heterocycles. The highest BCUT2D eigenvalue weighted by Gasteiger charge is 2.71. The Morgan fingerprint density at radius 3 is 1.88 bits per heavy atom. The summed E-state index contributed by atoms with van der Waals surface area (Å²) in [5.41, 5.74) is -5.18. The molecule has 146 valence electrons. The molecule has 0 radical (unpaired) electrons. The molecule has 0 saturated carbocycles. The fourth-order valence-corrected chi connectivity index (χ4v) is 1.60. The topological polar surface area (TPSA) is 42.0 Å². The minimum Gasteiger partial charge on any atom is -0.396 e. The zero-order chi connectivity index (χ0) is 18.9. The maximum absolute atomic E-state index is 13.1. The molecule has 1 saturated heterocycles. The van der Waals surface area contributed by atoms with Gasteiger partial charge in [-0.25, -0.2) is 4.39 Å². The molecule has 1 rings (SSSR count). The molecule has 0 amide bonds. The first kappa shape index (κ1) is 23.4. The van der Waals surface area contributed by atoms with Crippen LogP contribution in [0.25, 0.3) is 0 Å². The van der Waals surface area contributed by atoms with Crippen molar-refractivity contribution >= 4 is 0 Å². The average molecular weight is 372 g/mol. The zero-order valence-electron chi connectivity index (χ0n) is 13.4. The Hall–Kier alpha value is -0.610. The lowest BCUT2D eigenvalue weighted by molar-refractivity contribution is -0.343. The second-order valence-corrected chi connectivity index (χ2v) is 5.36. The zero-order valence-corrected chi connectivity index (χ0v) is 13.4. The summed E-state index contributed by atoms with van der Waals surface area (Å²) in [4.78, 5) is 0. The van der Waals surface area contributed by atoms with Crippen molar-refractivity contribution in [3.05, 3.63) is 0 Å². The van der Waals surface area contributed by atoms with E-state index in [1.165, 1.54) is 6.42 Å². The number of epoxide rings is 1. The van der Waals surface area contributed by atoms with Crippen LogP contribution in [-0.2, 0) is 9.47 Å². The molecule has 0 spiro atoms. The molecule has 1 aliphatic rings. The molecule has 0 aromatic rings. The standard InChI is InChI=1S/C9H11F7O2.C5H12O/c10-7(8(11,12)13,9(14,15)16)2-1-3-17-4-6-5-18-6;1-2-3-4-5-6/h6H,1-5H2;6H,2-5H2,1H3. The van der Waals surface area contributed by atoms with E-state index in [-0.39, 0.29) is 19.3 Å². The van der Waals surface area contributed by atoms with Gasteiger partial charge >= 0.3 is 12.4 Å². The normalized spacial score (nSPS) is 18.1. The Bertz CT molecular complexity index is 309. The van der Waals surface area contributed by atoms with Crippen LogP contribution in [0.1, 0.15) is 39.0 Å². The van der Waals surface area contributed by atoms with Gasteiger partial charge in [0, 0.05) is 19.6 Å². The van der Waals surface area contributed by atoms with E-state index in [1.807, 2.05) is 0 Å². The van der Waals surface area contributed by atoms with E-state index in [2.05, 4.69) is 6.92 Å². The van der Waals surface area contributed by atoms with Crippen LogP contribution in [0.2, 0.25) is 0 Å². The van der Waals surface area contributed by atoms with Crippen LogP contribution in [-0.4, -0.2) is 55.7 Å². The largest absolute Gasteiger partial charge is 0.431 e. The van der Waals surface area contributed by atoms with Crippen LogP contribution in [0, 0.1) is 0 Å². The lowest BCUT2D eigenvalue weighted by Gasteiger charge is -2.29. The number of halogens is 7. The number of unbranched alkanes of at least 4 members (excludes halogenated alkanes) is 2. The Kier molecular flexibility index (Phi) is 10.1. The number of aliphatic hydroxyl groups excluding tert-OH is 1. The summed E-state index contributed by atoms with van der Waals surface area (Å²) in [7, 11) is 0. The van der Waals surface area contributed by atoms with E-state index >= 15 is 0 Å². The SMILES string of the molecule is CCCCCO.FC(F)(F)C(F)(CCCOCC1CO1)C(F)(F)F. The summed E-state index contributed by atoms with van der Waals surface area (Å²) in [6, 6.07) is 0. The molecule has 0 bridgehead atoms. The number of rotatable bonds is 9. The molecule has 24 heavy (non-hydrogen) atoms. The highest BCUT2D eigenvalue weighted by Crippen LogP contribution is 2.48. The van der Waals surface area contributed by atoms with Crippen LogP contribution in [0.3, 0.4) is 0 Å². The van der Waals surface area contributed by atoms with E-state index in [0.717, 1.165) is 12.8 Å². The van der Waals surface area contributed by atoms with Gasteiger partial charge in [-0.3, -0.25) is 0 Å². The van der Waals surface area contributed by atoms with E-state index in [4.69, 9.17) is 14.6 Å². The molecular formula is C14H23F7O3. The highest BCUT2D eigenvalue weighted by molar-refractivity contribution is 4.94. The smallest absolute Gasteiger partial charge is 0.396 e. The van der Waals surface area contributed by atoms with Gasteiger partial charge in [0.25, 0.3) is 5.67 Å². The predicted molar refractivity (Wildman–Crippen MR) is 72.4 cm³/mol. The summed E-state index contributed by atoms with van der Waals surface area (Å²) < 4.78 is 95.1. The van der Waals surface area contributed by atoms with Gasteiger partial charge in [0.2, 0.25) is 0 Å². The molecule has 1 N–H and O–H groups in total. The van der Waals surface area contributed by atoms with Gasteiger partial charge < -0.3 is 14.6 Å². The minimum absolute atomic E-state index is 0.0946. The lowest BCUT2D eigenvalue weighted by atomic mass is 9.98. The Morgan fingerprint density at radius 1 is 1.00 bits per heavy atom. The van der Waals surface area contributed by atoms with Gasteiger partial charge in [-0.1, -0.05) is 19.8 Å².